The van der Waals surface area contributed by atoms with Gasteiger partial charge in [0, 0.05) is 18.0 Å². The van der Waals surface area contributed by atoms with Gasteiger partial charge in [0.15, 0.2) is 15.4 Å². The smallest absolute Gasteiger partial charge is 0.334 e. The van der Waals surface area contributed by atoms with Crippen LogP contribution >= 0.6 is 0 Å². The van der Waals surface area contributed by atoms with Gasteiger partial charge in [-0.3, -0.25) is 4.79 Å². The third kappa shape index (κ3) is 2.21. The Morgan fingerprint density at radius 3 is 2.52 bits per heavy atom. The molecule has 1 unspecified atom stereocenters. The number of rotatable bonds is 4. The number of amides is 1. The first-order valence-electron chi connectivity index (χ1n) is 6.57. The van der Waals surface area contributed by atoms with Gasteiger partial charge in [0.25, 0.3) is 0 Å². The molecule has 1 N–H and O–H groups in total. The first-order valence-corrected chi connectivity index (χ1v) is 8.22. The van der Waals surface area contributed by atoms with Crippen molar-refractivity contribution in [3.8, 4) is 0 Å². The highest BCUT2D eigenvalue weighted by Gasteiger charge is 2.52. The summed E-state index contributed by atoms with van der Waals surface area (Å²) in [6.07, 6.45) is 0.326. The number of carboxylic acid groups (broad SMARTS) is 1. The van der Waals surface area contributed by atoms with Gasteiger partial charge in [-0.1, -0.05) is 18.2 Å². The molecular weight excluding hydrogens is 294 g/mol. The summed E-state index contributed by atoms with van der Waals surface area (Å²) in [7, 11) is -3.52. The zero-order valence-electron chi connectivity index (χ0n) is 11.8. The van der Waals surface area contributed by atoms with Crippen LogP contribution in [0.5, 0.6) is 0 Å². The number of sulfone groups is 1. The van der Waals surface area contributed by atoms with Gasteiger partial charge in [0.1, 0.15) is 0 Å². The molecule has 6 nitrogen and oxygen atoms in total. The highest BCUT2D eigenvalue weighted by atomic mass is 32.2. The predicted molar refractivity (Wildman–Crippen MR) is 75.5 cm³/mol. The molecule has 0 spiro atoms. The fourth-order valence-corrected chi connectivity index (χ4v) is 4.50. The monoisotopic (exact) mass is 311 g/mol. The molecule has 0 bridgehead atoms. The SMILES string of the molecule is CC(C)N(C=O)C1(C(=O)O)CCS(=O)(=O)c2ccccc21. The molecule has 114 valence electrons. The lowest BCUT2D eigenvalue weighted by Gasteiger charge is -2.44. The largest absolute Gasteiger partial charge is 0.479 e. The van der Waals surface area contributed by atoms with E-state index >= 15 is 0 Å². The lowest BCUT2D eigenvalue weighted by Crippen LogP contribution is -2.57. The Kier molecular flexibility index (Phi) is 3.79. The van der Waals surface area contributed by atoms with Crippen LogP contribution in [-0.4, -0.2) is 42.6 Å². The van der Waals surface area contributed by atoms with E-state index in [0.29, 0.717) is 6.41 Å². The van der Waals surface area contributed by atoms with Gasteiger partial charge in [-0.15, -0.1) is 0 Å². The molecule has 0 aromatic heterocycles. The van der Waals surface area contributed by atoms with E-state index < -0.39 is 21.3 Å². The van der Waals surface area contributed by atoms with Crippen molar-refractivity contribution in [3.05, 3.63) is 29.8 Å². The van der Waals surface area contributed by atoms with Crippen molar-refractivity contribution in [1.82, 2.24) is 4.90 Å². The van der Waals surface area contributed by atoms with Gasteiger partial charge in [0.05, 0.1) is 10.6 Å². The zero-order valence-corrected chi connectivity index (χ0v) is 12.6. The summed E-state index contributed by atoms with van der Waals surface area (Å²) in [4.78, 5) is 24.6. The molecule has 1 aromatic rings. The van der Waals surface area contributed by atoms with Crippen molar-refractivity contribution < 1.29 is 23.1 Å². The van der Waals surface area contributed by atoms with E-state index in [1.165, 1.54) is 17.0 Å². The van der Waals surface area contributed by atoms with Gasteiger partial charge >= 0.3 is 5.97 Å². The molecule has 1 aromatic carbocycles. The molecular formula is C14H17NO5S. The average Bonchev–Trinajstić information content (AvgIpc) is 2.42. The summed E-state index contributed by atoms with van der Waals surface area (Å²) in [6.45, 7) is 3.40. The van der Waals surface area contributed by atoms with Gasteiger partial charge < -0.3 is 10.0 Å². The molecule has 0 fully saturated rings. The summed E-state index contributed by atoms with van der Waals surface area (Å²) < 4.78 is 24.3. The summed E-state index contributed by atoms with van der Waals surface area (Å²) in [6, 6.07) is 5.63. The minimum Gasteiger partial charge on any atom is -0.479 e. The Bertz CT molecular complexity index is 682. The second-order valence-electron chi connectivity index (χ2n) is 5.34. The maximum atomic E-state index is 12.2. The maximum absolute atomic E-state index is 12.2. The molecule has 0 aliphatic carbocycles. The Hall–Kier alpha value is -1.89. The third-order valence-electron chi connectivity index (χ3n) is 3.86. The first-order chi connectivity index (χ1) is 9.77. The van der Waals surface area contributed by atoms with Crippen LogP contribution in [0, 0.1) is 0 Å². The summed E-state index contributed by atoms with van der Waals surface area (Å²) in [5, 5.41) is 9.76. The van der Waals surface area contributed by atoms with Gasteiger partial charge in [-0.25, -0.2) is 13.2 Å². The number of hydrogen-bond acceptors (Lipinski definition) is 4. The predicted octanol–water partition coefficient (Wildman–Crippen LogP) is 1.01. The Morgan fingerprint density at radius 1 is 1.38 bits per heavy atom. The summed E-state index contributed by atoms with van der Waals surface area (Å²) >= 11 is 0. The average molecular weight is 311 g/mol. The van der Waals surface area contributed by atoms with Crippen LogP contribution in [0.25, 0.3) is 0 Å². The molecule has 1 amide bonds. The molecule has 2 rings (SSSR count). The van der Waals surface area contributed by atoms with Gasteiger partial charge in [0.2, 0.25) is 6.41 Å². The van der Waals surface area contributed by atoms with Crippen molar-refractivity contribution in [2.75, 3.05) is 5.75 Å². The lowest BCUT2D eigenvalue weighted by molar-refractivity contribution is -0.158. The summed E-state index contributed by atoms with van der Waals surface area (Å²) in [5.74, 6) is -1.52. The second kappa shape index (κ2) is 5.14. The molecule has 1 heterocycles. The normalized spacial score (nSPS) is 23.4. The Labute approximate surface area is 123 Å². The van der Waals surface area contributed by atoms with E-state index in [-0.39, 0.29) is 28.7 Å². The van der Waals surface area contributed by atoms with E-state index in [0.717, 1.165) is 0 Å². The van der Waals surface area contributed by atoms with Crippen LogP contribution in [0.15, 0.2) is 29.2 Å². The number of aliphatic carboxylic acids is 1. The van der Waals surface area contributed by atoms with Crippen LogP contribution in [-0.2, 0) is 25.0 Å². The topological polar surface area (TPSA) is 91.8 Å². The Balaban J connectivity index is 2.80. The Morgan fingerprint density at radius 2 is 2.00 bits per heavy atom. The molecule has 0 radical (unpaired) electrons. The molecule has 1 aliphatic rings. The molecule has 21 heavy (non-hydrogen) atoms. The number of fused-ring (bicyclic) bond motifs is 1. The van der Waals surface area contributed by atoms with Crippen LogP contribution in [0.4, 0.5) is 0 Å². The minimum absolute atomic E-state index is 0.00819. The number of carboxylic acids is 1. The molecule has 0 saturated heterocycles. The van der Waals surface area contributed by atoms with Crippen molar-refractivity contribution >= 4 is 22.2 Å². The van der Waals surface area contributed by atoms with E-state index in [1.54, 1.807) is 26.0 Å². The van der Waals surface area contributed by atoms with Crippen molar-refractivity contribution in [1.29, 1.82) is 0 Å². The lowest BCUT2D eigenvalue weighted by atomic mass is 9.84. The molecule has 1 atom stereocenters. The second-order valence-corrected chi connectivity index (χ2v) is 7.41. The molecule has 7 heteroatoms. The number of nitrogens with zero attached hydrogens (tertiary/aromatic N) is 1. The molecule has 0 saturated carbocycles. The third-order valence-corrected chi connectivity index (χ3v) is 5.63. The fourth-order valence-electron chi connectivity index (χ4n) is 2.86. The van der Waals surface area contributed by atoms with Crippen molar-refractivity contribution in [2.24, 2.45) is 0 Å². The number of hydrogen-bond donors (Lipinski definition) is 1. The highest BCUT2D eigenvalue weighted by molar-refractivity contribution is 7.91. The number of carbonyl (C=O) groups excluding carboxylic acids is 1. The highest BCUT2D eigenvalue weighted by Crippen LogP contribution is 2.42. The number of carbonyl (C=O) groups is 2. The van der Waals surface area contributed by atoms with Crippen LogP contribution in [0.2, 0.25) is 0 Å². The number of benzene rings is 1. The minimum atomic E-state index is -3.52. The van der Waals surface area contributed by atoms with E-state index in [2.05, 4.69) is 0 Å². The van der Waals surface area contributed by atoms with E-state index in [4.69, 9.17) is 0 Å². The maximum Gasteiger partial charge on any atom is 0.334 e. The van der Waals surface area contributed by atoms with E-state index in [9.17, 15) is 23.1 Å². The molecule has 1 aliphatic heterocycles. The van der Waals surface area contributed by atoms with Gasteiger partial charge in [-0.2, -0.15) is 0 Å². The van der Waals surface area contributed by atoms with Crippen LogP contribution in [0.3, 0.4) is 0 Å². The van der Waals surface area contributed by atoms with E-state index in [1.807, 2.05) is 0 Å². The van der Waals surface area contributed by atoms with Crippen LogP contribution < -0.4 is 0 Å². The zero-order chi connectivity index (χ0) is 15.8. The standard InChI is InChI=1S/C14H17NO5S/c1-10(2)15(9-16)14(13(17)18)7-8-21(19,20)12-6-4-3-5-11(12)14/h3-6,9-10H,7-8H2,1-2H3,(H,17,18). The van der Waals surface area contributed by atoms with Gasteiger partial charge in [-0.05, 0) is 19.9 Å². The first kappa shape index (κ1) is 15.5. The van der Waals surface area contributed by atoms with Crippen molar-refractivity contribution in [3.63, 3.8) is 0 Å². The summed E-state index contributed by atoms with van der Waals surface area (Å²) in [5.41, 5.74) is -1.48. The van der Waals surface area contributed by atoms with Crippen LogP contribution in [0.1, 0.15) is 25.8 Å². The fraction of sp³-hybridized carbons (Fsp3) is 0.429. The quantitative estimate of drug-likeness (QED) is 0.838. The van der Waals surface area contributed by atoms with Crippen molar-refractivity contribution in [2.45, 2.75) is 36.7 Å².